The molecule has 1 saturated carbocycles. The molecule has 1 fully saturated rings. The van der Waals surface area contributed by atoms with Gasteiger partial charge in [-0.3, -0.25) is 9.89 Å². The van der Waals surface area contributed by atoms with Gasteiger partial charge in [-0.25, -0.2) is 10.1 Å². The Labute approximate surface area is 120 Å². The molecular formula is C13H15FN6O. The van der Waals surface area contributed by atoms with E-state index < -0.39 is 11.9 Å². The van der Waals surface area contributed by atoms with E-state index in [1.807, 2.05) is 0 Å². The molecule has 0 atom stereocenters. The topological polar surface area (TPSA) is 88.0 Å². The summed E-state index contributed by atoms with van der Waals surface area (Å²) in [4.78, 5) is 11.8. The molecule has 2 heterocycles. The van der Waals surface area contributed by atoms with Crippen molar-refractivity contribution < 1.29 is 9.18 Å². The first-order chi connectivity index (χ1) is 10.1. The Balaban J connectivity index is 1.65. The van der Waals surface area contributed by atoms with E-state index in [9.17, 15) is 9.18 Å². The van der Waals surface area contributed by atoms with E-state index in [1.165, 1.54) is 13.3 Å². The second-order valence-electron chi connectivity index (χ2n) is 5.10. The first-order valence-corrected chi connectivity index (χ1v) is 6.64. The number of carbonyl (C=O) groups is 1. The summed E-state index contributed by atoms with van der Waals surface area (Å²) in [5.41, 5.74) is 4.33. The van der Waals surface area contributed by atoms with Crippen LogP contribution < -0.4 is 5.43 Å². The predicted octanol–water partition coefficient (Wildman–Crippen LogP) is 1.23. The molecule has 7 nitrogen and oxygen atoms in total. The number of aryl methyl sites for hydroxylation is 2. The van der Waals surface area contributed by atoms with E-state index in [4.69, 9.17) is 0 Å². The maximum absolute atomic E-state index is 13.6. The van der Waals surface area contributed by atoms with Gasteiger partial charge >= 0.3 is 0 Å². The fraction of sp³-hybridized carbons (Fsp3) is 0.385. The molecule has 0 aliphatic heterocycles. The second-order valence-corrected chi connectivity index (χ2v) is 5.10. The van der Waals surface area contributed by atoms with Crippen molar-refractivity contribution >= 4 is 12.1 Å². The summed E-state index contributed by atoms with van der Waals surface area (Å²) in [7, 11) is 1.50. The third-order valence-electron chi connectivity index (χ3n) is 3.40. The van der Waals surface area contributed by atoms with Crippen LogP contribution in [0.4, 0.5) is 4.39 Å². The lowest BCUT2D eigenvalue weighted by Crippen LogP contribution is -2.18. The van der Waals surface area contributed by atoms with Crippen molar-refractivity contribution in [1.82, 2.24) is 25.4 Å². The Bertz CT molecular complexity index is 712. The number of aromatic amines is 1. The number of rotatable bonds is 4. The minimum atomic E-state index is -0.499. The number of nitrogens with one attached hydrogen (secondary N) is 2. The number of H-pyrrole nitrogens is 1. The number of amides is 1. The monoisotopic (exact) mass is 290 g/mol. The smallest absolute Gasteiger partial charge is 0.281 e. The molecular weight excluding hydrogens is 275 g/mol. The van der Waals surface area contributed by atoms with Crippen molar-refractivity contribution in [3.05, 3.63) is 34.7 Å². The average Bonchev–Trinajstić information content (AvgIpc) is 3.13. The molecule has 2 aromatic heterocycles. The molecule has 1 amide bonds. The quantitative estimate of drug-likeness (QED) is 0.655. The summed E-state index contributed by atoms with van der Waals surface area (Å²) in [6.45, 7) is 1.67. The SMILES string of the molecule is Cc1nn(C)c(F)c1/C=N/NC(=O)c1cc(C2CC2)[nH]n1. The summed E-state index contributed by atoms with van der Waals surface area (Å²) < 4.78 is 14.8. The minimum absolute atomic E-state index is 0.249. The Morgan fingerprint density at radius 2 is 2.38 bits per heavy atom. The maximum atomic E-state index is 13.6. The highest BCUT2D eigenvalue weighted by molar-refractivity contribution is 5.93. The fourth-order valence-corrected chi connectivity index (χ4v) is 2.06. The predicted molar refractivity (Wildman–Crippen MR) is 73.5 cm³/mol. The van der Waals surface area contributed by atoms with Gasteiger partial charge in [0, 0.05) is 18.7 Å². The Kier molecular flexibility index (Phi) is 3.28. The second kappa shape index (κ2) is 5.12. The van der Waals surface area contributed by atoms with Gasteiger partial charge in [-0.2, -0.15) is 19.7 Å². The van der Waals surface area contributed by atoms with Crippen LogP contribution in [0.25, 0.3) is 0 Å². The van der Waals surface area contributed by atoms with Gasteiger partial charge in [-0.1, -0.05) is 0 Å². The molecule has 2 aromatic rings. The largest absolute Gasteiger partial charge is 0.291 e. The number of hydrazone groups is 1. The van der Waals surface area contributed by atoms with Gasteiger partial charge in [0.15, 0.2) is 5.69 Å². The van der Waals surface area contributed by atoms with Crippen molar-refractivity contribution in [2.45, 2.75) is 25.7 Å². The van der Waals surface area contributed by atoms with Gasteiger partial charge in [0.05, 0.1) is 17.5 Å². The summed E-state index contributed by atoms with van der Waals surface area (Å²) in [6.07, 6.45) is 3.49. The van der Waals surface area contributed by atoms with Crippen molar-refractivity contribution in [3.8, 4) is 0 Å². The van der Waals surface area contributed by atoms with Gasteiger partial charge in [-0.15, -0.1) is 0 Å². The highest BCUT2D eigenvalue weighted by Gasteiger charge is 2.26. The molecule has 1 aliphatic rings. The third kappa shape index (κ3) is 2.69. The number of aromatic nitrogens is 4. The number of hydrogen-bond donors (Lipinski definition) is 2. The molecule has 2 N–H and O–H groups in total. The summed E-state index contributed by atoms with van der Waals surface area (Å²) in [5, 5.41) is 14.5. The molecule has 3 rings (SSSR count). The molecule has 0 spiro atoms. The molecule has 0 saturated heterocycles. The van der Waals surface area contributed by atoms with Crippen molar-refractivity contribution in [2.75, 3.05) is 0 Å². The Morgan fingerprint density at radius 1 is 1.62 bits per heavy atom. The fourth-order valence-electron chi connectivity index (χ4n) is 2.06. The van der Waals surface area contributed by atoms with Crippen LogP contribution in [0.15, 0.2) is 11.2 Å². The third-order valence-corrected chi connectivity index (χ3v) is 3.40. The zero-order valence-corrected chi connectivity index (χ0v) is 11.7. The van der Waals surface area contributed by atoms with Crippen LogP contribution in [0.3, 0.4) is 0 Å². The maximum Gasteiger partial charge on any atom is 0.291 e. The Hall–Kier alpha value is -2.51. The van der Waals surface area contributed by atoms with Gasteiger partial charge in [-0.05, 0) is 25.8 Å². The van der Waals surface area contributed by atoms with Crippen LogP contribution in [-0.4, -0.2) is 32.1 Å². The van der Waals surface area contributed by atoms with Gasteiger partial charge in [0.2, 0.25) is 5.95 Å². The zero-order valence-electron chi connectivity index (χ0n) is 11.7. The van der Waals surface area contributed by atoms with Crippen LogP contribution in [-0.2, 0) is 7.05 Å². The van der Waals surface area contributed by atoms with Crippen LogP contribution in [0.2, 0.25) is 0 Å². The van der Waals surface area contributed by atoms with E-state index in [0.29, 0.717) is 11.6 Å². The number of halogens is 1. The standard InChI is InChI=1S/C13H15FN6O/c1-7-9(12(14)20(2)19-7)6-15-18-13(21)11-5-10(16-17-11)8-3-4-8/h5-6,8H,3-4H2,1-2H3,(H,16,17)(H,18,21)/b15-6+. The van der Waals surface area contributed by atoms with E-state index in [0.717, 1.165) is 23.2 Å². The number of carbonyl (C=O) groups excluding carboxylic acids is 1. The summed E-state index contributed by atoms with van der Waals surface area (Å²) in [5.74, 6) is -0.438. The summed E-state index contributed by atoms with van der Waals surface area (Å²) in [6, 6.07) is 1.72. The molecule has 0 radical (unpaired) electrons. The van der Waals surface area contributed by atoms with E-state index >= 15 is 0 Å². The van der Waals surface area contributed by atoms with Gasteiger partial charge in [0.1, 0.15) is 0 Å². The molecule has 110 valence electrons. The Morgan fingerprint density at radius 3 is 3.00 bits per heavy atom. The lowest BCUT2D eigenvalue weighted by Gasteiger charge is -1.94. The highest BCUT2D eigenvalue weighted by atomic mass is 19.1. The van der Waals surface area contributed by atoms with Crippen LogP contribution in [0.1, 0.15) is 46.2 Å². The van der Waals surface area contributed by atoms with Crippen LogP contribution >= 0.6 is 0 Å². The van der Waals surface area contributed by atoms with E-state index in [1.54, 1.807) is 13.0 Å². The van der Waals surface area contributed by atoms with Crippen molar-refractivity contribution in [1.29, 1.82) is 0 Å². The lowest BCUT2D eigenvalue weighted by molar-refractivity contribution is 0.0950. The molecule has 1 aliphatic carbocycles. The van der Waals surface area contributed by atoms with Crippen molar-refractivity contribution in [2.24, 2.45) is 12.1 Å². The van der Waals surface area contributed by atoms with Gasteiger partial charge < -0.3 is 0 Å². The first kappa shape index (κ1) is 13.5. The minimum Gasteiger partial charge on any atom is -0.281 e. The molecule has 0 aromatic carbocycles. The first-order valence-electron chi connectivity index (χ1n) is 6.64. The van der Waals surface area contributed by atoms with Crippen molar-refractivity contribution in [3.63, 3.8) is 0 Å². The number of nitrogens with zero attached hydrogens (tertiary/aromatic N) is 4. The normalized spacial score (nSPS) is 14.8. The molecule has 21 heavy (non-hydrogen) atoms. The highest BCUT2D eigenvalue weighted by Crippen LogP contribution is 2.38. The van der Waals surface area contributed by atoms with Crippen LogP contribution in [0, 0.1) is 12.9 Å². The lowest BCUT2D eigenvalue weighted by atomic mass is 10.2. The number of hydrogen-bond acceptors (Lipinski definition) is 4. The summed E-state index contributed by atoms with van der Waals surface area (Å²) >= 11 is 0. The van der Waals surface area contributed by atoms with Crippen LogP contribution in [0.5, 0.6) is 0 Å². The molecule has 0 bridgehead atoms. The molecule has 0 unspecified atom stereocenters. The average molecular weight is 290 g/mol. The zero-order chi connectivity index (χ0) is 15.0. The van der Waals surface area contributed by atoms with E-state index in [2.05, 4.69) is 25.8 Å². The van der Waals surface area contributed by atoms with E-state index in [-0.39, 0.29) is 11.3 Å². The van der Waals surface area contributed by atoms with Gasteiger partial charge in [0.25, 0.3) is 5.91 Å². The molecule has 8 heteroatoms.